The summed E-state index contributed by atoms with van der Waals surface area (Å²) >= 11 is 0. The molecule has 0 aromatic carbocycles. The second-order valence-electron chi connectivity index (χ2n) is 17.1. The molecule has 0 radical (unpaired) electrons. The average molecular weight is 765 g/mol. The van der Waals surface area contributed by atoms with Crippen LogP contribution in [0.2, 0.25) is 0 Å². The van der Waals surface area contributed by atoms with E-state index in [1.165, 1.54) is 148 Å². The van der Waals surface area contributed by atoms with Gasteiger partial charge in [-0.05, 0) is 31.1 Å². The molecule has 320 valence electrons. The highest BCUT2D eigenvalue weighted by atomic mass is 16.6. The standard InChI is InChI=1S/C48H92O6/c1-6-8-9-10-11-12-13-14-19-24-30-35-40-48(51)54-45(42-53-47(50)39-34-29-25-20-21-26-31-36-43(3)4)41-52-46(49)38-33-28-23-18-16-15-17-22-27-32-37-44(5)7-2/h43-45H,6-42H2,1-5H3/t44?,45-/m0/s1. The minimum atomic E-state index is -0.761. The van der Waals surface area contributed by atoms with Crippen LogP contribution in [0.25, 0.3) is 0 Å². The quantitative estimate of drug-likeness (QED) is 0.0350. The molecule has 0 fully saturated rings. The molecule has 6 heteroatoms. The second kappa shape index (κ2) is 41.1. The fraction of sp³-hybridized carbons (Fsp3) is 0.938. The first-order valence-corrected chi connectivity index (χ1v) is 23.8. The van der Waals surface area contributed by atoms with Crippen LogP contribution in [-0.2, 0) is 28.6 Å². The Morgan fingerprint density at radius 3 is 1.06 bits per heavy atom. The van der Waals surface area contributed by atoms with Crippen molar-refractivity contribution in [3.63, 3.8) is 0 Å². The Bertz CT molecular complexity index is 826. The normalized spacial score (nSPS) is 12.6. The Labute approximate surface area is 336 Å². The van der Waals surface area contributed by atoms with E-state index in [2.05, 4.69) is 34.6 Å². The Balaban J connectivity index is 4.33. The first-order valence-electron chi connectivity index (χ1n) is 23.8. The maximum Gasteiger partial charge on any atom is 0.306 e. The van der Waals surface area contributed by atoms with Gasteiger partial charge in [0.2, 0.25) is 0 Å². The van der Waals surface area contributed by atoms with Crippen molar-refractivity contribution >= 4 is 17.9 Å². The van der Waals surface area contributed by atoms with Crippen LogP contribution in [0.5, 0.6) is 0 Å². The Hall–Kier alpha value is -1.59. The van der Waals surface area contributed by atoms with Crippen LogP contribution in [0.4, 0.5) is 0 Å². The number of hydrogen-bond acceptors (Lipinski definition) is 6. The van der Waals surface area contributed by atoms with Gasteiger partial charge in [-0.2, -0.15) is 0 Å². The molecule has 1 unspecified atom stereocenters. The molecule has 0 heterocycles. The lowest BCUT2D eigenvalue weighted by Gasteiger charge is -2.18. The van der Waals surface area contributed by atoms with Crippen LogP contribution >= 0.6 is 0 Å². The number of ether oxygens (including phenoxy) is 3. The van der Waals surface area contributed by atoms with Gasteiger partial charge >= 0.3 is 17.9 Å². The lowest BCUT2D eigenvalue weighted by atomic mass is 9.99. The van der Waals surface area contributed by atoms with Crippen molar-refractivity contribution in [2.24, 2.45) is 11.8 Å². The third-order valence-corrected chi connectivity index (χ3v) is 11.1. The summed E-state index contributed by atoms with van der Waals surface area (Å²) in [6.07, 6.45) is 39.4. The summed E-state index contributed by atoms with van der Waals surface area (Å²) in [5.41, 5.74) is 0. The molecule has 0 aliphatic rings. The van der Waals surface area contributed by atoms with E-state index in [9.17, 15) is 14.4 Å². The van der Waals surface area contributed by atoms with Crippen molar-refractivity contribution in [2.75, 3.05) is 13.2 Å². The molecule has 0 amide bonds. The molecular formula is C48H92O6. The van der Waals surface area contributed by atoms with Crippen LogP contribution in [0.3, 0.4) is 0 Å². The van der Waals surface area contributed by atoms with Gasteiger partial charge in [0, 0.05) is 19.3 Å². The summed E-state index contributed by atoms with van der Waals surface area (Å²) in [5, 5.41) is 0. The van der Waals surface area contributed by atoms with Gasteiger partial charge in [0.25, 0.3) is 0 Å². The number of esters is 3. The molecule has 0 aromatic heterocycles. The minimum absolute atomic E-state index is 0.0650. The number of carbonyl (C=O) groups excluding carboxylic acids is 3. The predicted molar refractivity (Wildman–Crippen MR) is 229 cm³/mol. The van der Waals surface area contributed by atoms with Gasteiger partial charge in [0.15, 0.2) is 6.10 Å². The molecule has 0 spiro atoms. The van der Waals surface area contributed by atoms with E-state index in [1.54, 1.807) is 0 Å². The minimum Gasteiger partial charge on any atom is -0.462 e. The van der Waals surface area contributed by atoms with Crippen LogP contribution in [0, 0.1) is 11.8 Å². The monoisotopic (exact) mass is 765 g/mol. The largest absolute Gasteiger partial charge is 0.462 e. The van der Waals surface area contributed by atoms with E-state index in [0.717, 1.165) is 69.6 Å². The highest BCUT2D eigenvalue weighted by Gasteiger charge is 2.19. The van der Waals surface area contributed by atoms with E-state index in [-0.39, 0.29) is 31.1 Å². The van der Waals surface area contributed by atoms with Gasteiger partial charge in [-0.1, -0.05) is 221 Å². The van der Waals surface area contributed by atoms with Crippen molar-refractivity contribution in [2.45, 2.75) is 265 Å². The van der Waals surface area contributed by atoms with Crippen molar-refractivity contribution in [1.82, 2.24) is 0 Å². The molecule has 6 nitrogen and oxygen atoms in total. The molecule has 2 atom stereocenters. The summed E-state index contributed by atoms with van der Waals surface area (Å²) in [5.74, 6) is 0.794. The van der Waals surface area contributed by atoms with E-state index < -0.39 is 6.10 Å². The van der Waals surface area contributed by atoms with Crippen molar-refractivity contribution in [1.29, 1.82) is 0 Å². The molecule has 0 rings (SSSR count). The SMILES string of the molecule is CCCCCCCCCCCCCCC(=O)O[C@@H](COC(=O)CCCCCCCCCCCCC(C)CC)COC(=O)CCCCCCCCCC(C)C. The number of hydrogen-bond donors (Lipinski definition) is 0. The Kier molecular flexibility index (Phi) is 39.8. The lowest BCUT2D eigenvalue weighted by Crippen LogP contribution is -2.30. The second-order valence-corrected chi connectivity index (χ2v) is 17.1. The van der Waals surface area contributed by atoms with Gasteiger partial charge in [0.1, 0.15) is 13.2 Å². The average Bonchev–Trinajstić information content (AvgIpc) is 3.15. The van der Waals surface area contributed by atoms with Gasteiger partial charge in [0.05, 0.1) is 0 Å². The van der Waals surface area contributed by atoms with Crippen LogP contribution < -0.4 is 0 Å². The molecular weight excluding hydrogens is 673 g/mol. The van der Waals surface area contributed by atoms with Crippen molar-refractivity contribution in [3.8, 4) is 0 Å². The fourth-order valence-electron chi connectivity index (χ4n) is 7.07. The van der Waals surface area contributed by atoms with Crippen molar-refractivity contribution < 1.29 is 28.6 Å². The number of carbonyl (C=O) groups is 3. The van der Waals surface area contributed by atoms with Gasteiger partial charge in [-0.3, -0.25) is 14.4 Å². The van der Waals surface area contributed by atoms with Crippen LogP contribution in [-0.4, -0.2) is 37.2 Å². The van der Waals surface area contributed by atoms with Crippen LogP contribution in [0.15, 0.2) is 0 Å². The summed E-state index contributed by atoms with van der Waals surface area (Å²) in [6, 6.07) is 0. The van der Waals surface area contributed by atoms with E-state index >= 15 is 0 Å². The molecule has 0 bridgehead atoms. The zero-order chi connectivity index (χ0) is 39.7. The van der Waals surface area contributed by atoms with Gasteiger partial charge < -0.3 is 14.2 Å². The van der Waals surface area contributed by atoms with Gasteiger partial charge in [-0.25, -0.2) is 0 Å². The predicted octanol–water partition coefficient (Wildman–Crippen LogP) is 15.0. The summed E-state index contributed by atoms with van der Waals surface area (Å²) in [6.45, 7) is 11.3. The summed E-state index contributed by atoms with van der Waals surface area (Å²) in [4.78, 5) is 37.7. The van der Waals surface area contributed by atoms with E-state index in [1.807, 2.05) is 0 Å². The lowest BCUT2D eigenvalue weighted by molar-refractivity contribution is -0.167. The summed E-state index contributed by atoms with van der Waals surface area (Å²) < 4.78 is 16.7. The molecule has 0 aliphatic carbocycles. The zero-order valence-corrected chi connectivity index (χ0v) is 36.8. The van der Waals surface area contributed by atoms with Crippen LogP contribution in [0.1, 0.15) is 259 Å². The first kappa shape index (κ1) is 52.4. The molecule has 0 aromatic rings. The first-order chi connectivity index (χ1) is 26.3. The molecule has 0 saturated heterocycles. The Morgan fingerprint density at radius 1 is 0.389 bits per heavy atom. The molecule has 0 saturated carbocycles. The smallest absolute Gasteiger partial charge is 0.306 e. The topological polar surface area (TPSA) is 78.9 Å². The van der Waals surface area contributed by atoms with Crippen molar-refractivity contribution in [3.05, 3.63) is 0 Å². The molecule has 0 aliphatic heterocycles. The third-order valence-electron chi connectivity index (χ3n) is 11.1. The number of unbranched alkanes of at least 4 members (excludes halogenated alkanes) is 26. The third kappa shape index (κ3) is 40.1. The number of rotatable bonds is 42. The fourth-order valence-corrected chi connectivity index (χ4v) is 7.07. The zero-order valence-electron chi connectivity index (χ0n) is 36.8. The maximum atomic E-state index is 12.7. The molecule has 0 N–H and O–H groups in total. The Morgan fingerprint density at radius 2 is 0.704 bits per heavy atom. The van der Waals surface area contributed by atoms with E-state index in [4.69, 9.17) is 14.2 Å². The summed E-state index contributed by atoms with van der Waals surface area (Å²) in [7, 11) is 0. The highest BCUT2D eigenvalue weighted by molar-refractivity contribution is 5.71. The highest BCUT2D eigenvalue weighted by Crippen LogP contribution is 2.17. The van der Waals surface area contributed by atoms with Gasteiger partial charge in [-0.15, -0.1) is 0 Å². The maximum absolute atomic E-state index is 12.7. The molecule has 54 heavy (non-hydrogen) atoms. The van der Waals surface area contributed by atoms with E-state index in [0.29, 0.717) is 19.3 Å².